The van der Waals surface area contributed by atoms with Crippen LogP contribution in [0.3, 0.4) is 0 Å². The molecule has 75 valence electrons. The fourth-order valence-corrected chi connectivity index (χ4v) is 1.40. The predicted octanol–water partition coefficient (Wildman–Crippen LogP) is 1.52. The van der Waals surface area contributed by atoms with Gasteiger partial charge in [-0.1, -0.05) is 20.3 Å². The Bertz CT molecular complexity index is 190. The van der Waals surface area contributed by atoms with Crippen molar-refractivity contribution in [3.63, 3.8) is 0 Å². The SMILES string of the molecule is [CH2]C#CCC(O)(CCC)C(O)CC. The highest BCUT2D eigenvalue weighted by molar-refractivity contribution is 5.07. The first-order valence-corrected chi connectivity index (χ1v) is 4.76. The molecule has 0 aliphatic carbocycles. The largest absolute Gasteiger partial charge is 0.390 e. The van der Waals surface area contributed by atoms with E-state index in [4.69, 9.17) is 0 Å². The van der Waals surface area contributed by atoms with E-state index >= 15 is 0 Å². The molecule has 0 fully saturated rings. The predicted molar refractivity (Wildman–Crippen MR) is 53.9 cm³/mol. The van der Waals surface area contributed by atoms with E-state index in [1.807, 2.05) is 13.8 Å². The third-order valence-electron chi connectivity index (χ3n) is 2.21. The second-order valence-electron chi connectivity index (χ2n) is 3.31. The van der Waals surface area contributed by atoms with E-state index in [2.05, 4.69) is 18.8 Å². The summed E-state index contributed by atoms with van der Waals surface area (Å²) in [6, 6.07) is 0. The van der Waals surface area contributed by atoms with Crippen LogP contribution in [0, 0.1) is 18.8 Å². The van der Waals surface area contributed by atoms with E-state index in [1.54, 1.807) is 0 Å². The van der Waals surface area contributed by atoms with Gasteiger partial charge in [-0.15, -0.1) is 11.8 Å². The minimum absolute atomic E-state index is 0.305. The van der Waals surface area contributed by atoms with Gasteiger partial charge in [-0.3, -0.25) is 0 Å². The fraction of sp³-hybridized carbons (Fsp3) is 0.727. The fourth-order valence-electron chi connectivity index (χ4n) is 1.40. The van der Waals surface area contributed by atoms with Crippen molar-refractivity contribution < 1.29 is 10.2 Å². The molecule has 0 rings (SSSR count). The van der Waals surface area contributed by atoms with Gasteiger partial charge in [-0.2, -0.15) is 0 Å². The van der Waals surface area contributed by atoms with Crippen molar-refractivity contribution in [1.29, 1.82) is 0 Å². The molecular formula is C11H19O2. The van der Waals surface area contributed by atoms with Crippen molar-refractivity contribution in [1.82, 2.24) is 0 Å². The maximum Gasteiger partial charge on any atom is 0.101 e. The summed E-state index contributed by atoms with van der Waals surface area (Å²) in [5.74, 6) is 5.21. The summed E-state index contributed by atoms with van der Waals surface area (Å²) in [7, 11) is 0. The molecule has 0 spiro atoms. The monoisotopic (exact) mass is 183 g/mol. The van der Waals surface area contributed by atoms with Crippen LogP contribution in [0.15, 0.2) is 0 Å². The minimum atomic E-state index is -1.05. The normalized spacial score (nSPS) is 17.0. The van der Waals surface area contributed by atoms with Crippen molar-refractivity contribution >= 4 is 0 Å². The van der Waals surface area contributed by atoms with Gasteiger partial charge in [0.2, 0.25) is 0 Å². The highest BCUT2D eigenvalue weighted by atomic mass is 16.3. The molecule has 2 nitrogen and oxygen atoms in total. The molecular weight excluding hydrogens is 164 g/mol. The Morgan fingerprint density at radius 2 is 2.08 bits per heavy atom. The van der Waals surface area contributed by atoms with Crippen LogP contribution in [0.2, 0.25) is 0 Å². The van der Waals surface area contributed by atoms with Gasteiger partial charge in [0, 0.05) is 13.3 Å². The van der Waals surface area contributed by atoms with Gasteiger partial charge in [-0.05, 0) is 12.8 Å². The third-order valence-corrected chi connectivity index (χ3v) is 2.21. The van der Waals surface area contributed by atoms with Gasteiger partial charge in [0.15, 0.2) is 0 Å². The highest BCUT2D eigenvalue weighted by Crippen LogP contribution is 2.23. The average Bonchev–Trinajstić information content (AvgIpc) is 2.14. The Hall–Kier alpha value is -0.520. The van der Waals surface area contributed by atoms with Crippen molar-refractivity contribution in [3.8, 4) is 11.8 Å². The molecule has 2 atom stereocenters. The van der Waals surface area contributed by atoms with Gasteiger partial charge < -0.3 is 10.2 Å². The minimum Gasteiger partial charge on any atom is -0.390 e. The molecule has 1 radical (unpaired) electrons. The topological polar surface area (TPSA) is 40.5 Å². The highest BCUT2D eigenvalue weighted by Gasteiger charge is 2.32. The molecule has 0 aromatic heterocycles. The number of aliphatic hydroxyl groups excluding tert-OH is 1. The van der Waals surface area contributed by atoms with Crippen molar-refractivity contribution in [2.75, 3.05) is 0 Å². The lowest BCUT2D eigenvalue weighted by atomic mass is 9.87. The maximum absolute atomic E-state index is 10.0. The maximum atomic E-state index is 10.0. The molecule has 0 aromatic rings. The summed E-state index contributed by atoms with van der Waals surface area (Å²) in [4.78, 5) is 0. The van der Waals surface area contributed by atoms with Crippen molar-refractivity contribution in [2.24, 2.45) is 0 Å². The Kier molecular flexibility index (Phi) is 5.77. The Balaban J connectivity index is 4.37. The van der Waals surface area contributed by atoms with E-state index in [0.717, 1.165) is 6.42 Å². The standard InChI is InChI=1S/C11H19O2/c1-4-7-9-11(13,8-5-2)10(12)6-3/h10,12-13H,1,5-6,8-9H2,2-3H3. The average molecular weight is 183 g/mol. The van der Waals surface area contributed by atoms with Crippen LogP contribution in [-0.2, 0) is 0 Å². The van der Waals surface area contributed by atoms with E-state index < -0.39 is 11.7 Å². The molecule has 0 heterocycles. The van der Waals surface area contributed by atoms with E-state index in [1.165, 1.54) is 0 Å². The second kappa shape index (κ2) is 6.01. The first kappa shape index (κ1) is 12.5. The summed E-state index contributed by atoms with van der Waals surface area (Å²) < 4.78 is 0. The molecule has 2 heteroatoms. The summed E-state index contributed by atoms with van der Waals surface area (Å²) >= 11 is 0. The van der Waals surface area contributed by atoms with Crippen molar-refractivity contribution in [3.05, 3.63) is 6.92 Å². The number of hydrogen-bond acceptors (Lipinski definition) is 2. The first-order chi connectivity index (χ1) is 6.10. The number of hydrogen-bond donors (Lipinski definition) is 2. The van der Waals surface area contributed by atoms with Gasteiger partial charge in [0.05, 0.1) is 6.10 Å². The van der Waals surface area contributed by atoms with Crippen LogP contribution >= 0.6 is 0 Å². The van der Waals surface area contributed by atoms with E-state index in [0.29, 0.717) is 19.3 Å². The van der Waals surface area contributed by atoms with Crippen LogP contribution < -0.4 is 0 Å². The summed E-state index contributed by atoms with van der Waals surface area (Å²) in [5, 5.41) is 19.6. The molecule has 0 aliphatic rings. The molecule has 2 N–H and O–H groups in total. The Morgan fingerprint density at radius 3 is 2.46 bits per heavy atom. The lowest BCUT2D eigenvalue weighted by Crippen LogP contribution is -2.41. The van der Waals surface area contributed by atoms with Crippen LogP contribution in [0.1, 0.15) is 39.5 Å². The number of rotatable bonds is 5. The van der Waals surface area contributed by atoms with Crippen molar-refractivity contribution in [2.45, 2.75) is 51.2 Å². The molecule has 0 bridgehead atoms. The molecule has 0 saturated heterocycles. The van der Waals surface area contributed by atoms with Gasteiger partial charge in [-0.25, -0.2) is 0 Å². The zero-order valence-corrected chi connectivity index (χ0v) is 8.51. The molecule has 2 unspecified atom stereocenters. The molecule has 0 amide bonds. The summed E-state index contributed by atoms with van der Waals surface area (Å²) in [6.07, 6.45) is 1.59. The summed E-state index contributed by atoms with van der Waals surface area (Å²) in [6.45, 7) is 7.21. The van der Waals surface area contributed by atoms with Gasteiger partial charge >= 0.3 is 0 Å². The second-order valence-corrected chi connectivity index (χ2v) is 3.31. The number of aliphatic hydroxyl groups is 2. The molecule has 0 aliphatic heterocycles. The van der Waals surface area contributed by atoms with Gasteiger partial charge in [0.25, 0.3) is 0 Å². The quantitative estimate of drug-likeness (QED) is 0.634. The van der Waals surface area contributed by atoms with Gasteiger partial charge in [0.1, 0.15) is 5.60 Å². The van der Waals surface area contributed by atoms with Crippen LogP contribution in [0.4, 0.5) is 0 Å². The third kappa shape index (κ3) is 3.80. The lowest BCUT2D eigenvalue weighted by molar-refractivity contribution is -0.0782. The van der Waals surface area contributed by atoms with Crippen LogP contribution in [0.25, 0.3) is 0 Å². The zero-order valence-electron chi connectivity index (χ0n) is 8.51. The van der Waals surface area contributed by atoms with E-state index in [-0.39, 0.29) is 0 Å². The molecule has 0 aromatic carbocycles. The summed E-state index contributed by atoms with van der Waals surface area (Å²) in [5.41, 5.74) is -1.05. The van der Waals surface area contributed by atoms with Crippen LogP contribution in [-0.4, -0.2) is 21.9 Å². The zero-order chi connectivity index (χ0) is 10.3. The molecule has 0 saturated carbocycles. The lowest BCUT2D eigenvalue weighted by Gasteiger charge is -2.30. The Morgan fingerprint density at radius 1 is 1.46 bits per heavy atom. The first-order valence-electron chi connectivity index (χ1n) is 4.76. The Labute approximate surface area is 81.0 Å². The molecule has 13 heavy (non-hydrogen) atoms. The van der Waals surface area contributed by atoms with Crippen LogP contribution in [0.5, 0.6) is 0 Å². The smallest absolute Gasteiger partial charge is 0.101 e. The van der Waals surface area contributed by atoms with E-state index in [9.17, 15) is 10.2 Å².